The molecule has 0 saturated heterocycles. The molecule has 1 heteroatoms. The summed E-state index contributed by atoms with van der Waals surface area (Å²) < 4.78 is 0. The van der Waals surface area contributed by atoms with Crippen LogP contribution in [0.2, 0.25) is 0 Å². The summed E-state index contributed by atoms with van der Waals surface area (Å²) in [4.78, 5) is 0. The molecule has 0 heterocycles. The molecule has 0 N–H and O–H groups in total. The van der Waals surface area contributed by atoms with E-state index in [0.717, 1.165) is 17.1 Å². The van der Waals surface area contributed by atoms with E-state index in [1.807, 2.05) is 0 Å². The largest absolute Gasteiger partial charge is 0.176 e. The van der Waals surface area contributed by atoms with Gasteiger partial charge < -0.3 is 0 Å². The van der Waals surface area contributed by atoms with Gasteiger partial charge >= 0.3 is 0 Å². The Balaban J connectivity index is 1.83. The number of thiol groups is 1. The number of hydrogen-bond acceptors (Lipinski definition) is 1. The average Bonchev–Trinajstić information content (AvgIpc) is 2.19. The van der Waals surface area contributed by atoms with Gasteiger partial charge in [-0.3, -0.25) is 0 Å². The second-order valence-corrected chi connectivity index (χ2v) is 5.71. The topological polar surface area (TPSA) is 0 Å². The van der Waals surface area contributed by atoms with Gasteiger partial charge in [-0.2, -0.15) is 12.6 Å². The molecule has 2 aliphatic rings. The zero-order chi connectivity index (χ0) is 9.10. The third kappa shape index (κ3) is 2.65. The van der Waals surface area contributed by atoms with Crippen molar-refractivity contribution in [3.63, 3.8) is 0 Å². The van der Waals surface area contributed by atoms with Gasteiger partial charge in [-0.15, -0.1) is 0 Å². The molecule has 2 rings (SSSR count). The van der Waals surface area contributed by atoms with Gasteiger partial charge in [-0.25, -0.2) is 0 Å². The Labute approximate surface area is 87.9 Å². The van der Waals surface area contributed by atoms with Crippen molar-refractivity contribution in [2.45, 2.75) is 63.0 Å². The highest BCUT2D eigenvalue weighted by atomic mass is 32.1. The van der Waals surface area contributed by atoms with Crippen LogP contribution >= 0.6 is 12.6 Å². The summed E-state index contributed by atoms with van der Waals surface area (Å²) in [7, 11) is 0. The summed E-state index contributed by atoms with van der Waals surface area (Å²) in [5.74, 6) is 2.11. The molecular weight excluding hydrogens is 176 g/mol. The Morgan fingerprint density at radius 3 is 2.08 bits per heavy atom. The fourth-order valence-corrected chi connectivity index (χ4v) is 3.69. The molecule has 76 valence electrons. The van der Waals surface area contributed by atoms with Crippen LogP contribution in [0.3, 0.4) is 0 Å². The first kappa shape index (κ1) is 9.89. The molecule has 2 fully saturated rings. The van der Waals surface area contributed by atoms with Crippen LogP contribution in [0.4, 0.5) is 0 Å². The minimum absolute atomic E-state index is 0.723. The lowest BCUT2D eigenvalue weighted by Gasteiger charge is -2.35. The SMILES string of the molecule is SC1CCCC(C2CCCCC2)C1. The van der Waals surface area contributed by atoms with Crippen molar-refractivity contribution in [2.24, 2.45) is 11.8 Å². The van der Waals surface area contributed by atoms with Crippen LogP contribution in [-0.4, -0.2) is 5.25 Å². The molecule has 13 heavy (non-hydrogen) atoms. The minimum atomic E-state index is 0.723. The van der Waals surface area contributed by atoms with Crippen LogP contribution in [0.1, 0.15) is 57.8 Å². The quantitative estimate of drug-likeness (QED) is 0.604. The first-order valence-corrected chi connectivity index (χ1v) is 6.56. The van der Waals surface area contributed by atoms with Gasteiger partial charge in [0.2, 0.25) is 0 Å². The molecule has 0 aromatic rings. The van der Waals surface area contributed by atoms with E-state index in [2.05, 4.69) is 12.6 Å². The van der Waals surface area contributed by atoms with Crippen molar-refractivity contribution >= 4 is 12.6 Å². The molecule has 0 nitrogen and oxygen atoms in total. The first-order valence-electron chi connectivity index (χ1n) is 6.04. The maximum absolute atomic E-state index is 4.64. The zero-order valence-electron chi connectivity index (χ0n) is 8.54. The van der Waals surface area contributed by atoms with E-state index >= 15 is 0 Å². The lowest BCUT2D eigenvalue weighted by atomic mass is 9.73. The zero-order valence-corrected chi connectivity index (χ0v) is 9.44. The molecule has 0 aromatic heterocycles. The van der Waals surface area contributed by atoms with Gasteiger partial charge in [0.1, 0.15) is 0 Å². The summed E-state index contributed by atoms with van der Waals surface area (Å²) in [5.41, 5.74) is 0. The normalized spacial score (nSPS) is 37.6. The van der Waals surface area contributed by atoms with Gasteiger partial charge in [0.25, 0.3) is 0 Å². The van der Waals surface area contributed by atoms with Gasteiger partial charge in [0.15, 0.2) is 0 Å². The van der Waals surface area contributed by atoms with E-state index in [9.17, 15) is 0 Å². The smallest absolute Gasteiger partial charge is 0.00195 e. The van der Waals surface area contributed by atoms with E-state index < -0.39 is 0 Å². The Kier molecular flexibility index (Phi) is 3.59. The van der Waals surface area contributed by atoms with Crippen LogP contribution in [0.15, 0.2) is 0 Å². The molecule has 0 aromatic carbocycles. The lowest BCUT2D eigenvalue weighted by molar-refractivity contribution is 0.199. The fraction of sp³-hybridized carbons (Fsp3) is 1.00. The highest BCUT2D eigenvalue weighted by Crippen LogP contribution is 2.39. The number of hydrogen-bond donors (Lipinski definition) is 1. The van der Waals surface area contributed by atoms with Crippen LogP contribution in [0.5, 0.6) is 0 Å². The second kappa shape index (κ2) is 4.72. The van der Waals surface area contributed by atoms with Crippen molar-refractivity contribution in [3.8, 4) is 0 Å². The molecule has 0 radical (unpaired) electrons. The molecular formula is C12H22S. The van der Waals surface area contributed by atoms with Gasteiger partial charge in [0, 0.05) is 5.25 Å². The average molecular weight is 198 g/mol. The van der Waals surface area contributed by atoms with E-state index in [1.54, 1.807) is 0 Å². The highest BCUT2D eigenvalue weighted by Gasteiger charge is 2.27. The van der Waals surface area contributed by atoms with Crippen LogP contribution in [0, 0.1) is 11.8 Å². The standard InChI is InChI=1S/C12H22S/c13-12-8-4-7-11(9-12)10-5-2-1-3-6-10/h10-13H,1-9H2. The molecule has 0 amide bonds. The molecule has 0 bridgehead atoms. The van der Waals surface area contributed by atoms with Gasteiger partial charge in [0.05, 0.1) is 0 Å². The summed E-state index contributed by atoms with van der Waals surface area (Å²) in [6.07, 6.45) is 13.2. The van der Waals surface area contributed by atoms with Gasteiger partial charge in [-0.05, 0) is 24.7 Å². The summed E-state index contributed by atoms with van der Waals surface area (Å²) in [5, 5.41) is 0.723. The van der Waals surface area contributed by atoms with E-state index in [4.69, 9.17) is 0 Å². The van der Waals surface area contributed by atoms with Crippen LogP contribution in [-0.2, 0) is 0 Å². The van der Waals surface area contributed by atoms with Crippen LogP contribution < -0.4 is 0 Å². The summed E-state index contributed by atoms with van der Waals surface area (Å²) in [6.45, 7) is 0. The Bertz CT molecular complexity index is 149. The fourth-order valence-electron chi connectivity index (χ4n) is 3.23. The van der Waals surface area contributed by atoms with Gasteiger partial charge in [-0.1, -0.05) is 44.9 Å². The molecule has 2 atom stereocenters. The highest BCUT2D eigenvalue weighted by molar-refractivity contribution is 7.80. The molecule has 2 aliphatic carbocycles. The Morgan fingerprint density at radius 2 is 1.38 bits per heavy atom. The van der Waals surface area contributed by atoms with Crippen molar-refractivity contribution in [3.05, 3.63) is 0 Å². The Morgan fingerprint density at radius 1 is 0.692 bits per heavy atom. The van der Waals surface area contributed by atoms with Crippen LogP contribution in [0.25, 0.3) is 0 Å². The van der Waals surface area contributed by atoms with E-state index in [-0.39, 0.29) is 0 Å². The van der Waals surface area contributed by atoms with Crippen molar-refractivity contribution in [1.29, 1.82) is 0 Å². The maximum Gasteiger partial charge on any atom is 0.00195 e. The summed E-state index contributed by atoms with van der Waals surface area (Å²) in [6, 6.07) is 0. The van der Waals surface area contributed by atoms with Crippen molar-refractivity contribution < 1.29 is 0 Å². The molecule has 0 aliphatic heterocycles. The number of rotatable bonds is 1. The monoisotopic (exact) mass is 198 g/mol. The third-order valence-corrected chi connectivity index (χ3v) is 4.47. The predicted molar refractivity (Wildman–Crippen MR) is 61.3 cm³/mol. The molecule has 2 saturated carbocycles. The molecule has 0 spiro atoms. The summed E-state index contributed by atoms with van der Waals surface area (Å²) >= 11 is 4.64. The first-order chi connectivity index (χ1) is 6.36. The molecule has 2 unspecified atom stereocenters. The second-order valence-electron chi connectivity index (χ2n) is 4.98. The van der Waals surface area contributed by atoms with Crippen molar-refractivity contribution in [2.75, 3.05) is 0 Å². The van der Waals surface area contributed by atoms with E-state index in [1.165, 1.54) is 57.8 Å². The van der Waals surface area contributed by atoms with E-state index in [0.29, 0.717) is 0 Å². The third-order valence-electron chi connectivity index (χ3n) is 4.00. The maximum atomic E-state index is 4.64. The lowest BCUT2D eigenvalue weighted by Crippen LogP contribution is -2.24. The van der Waals surface area contributed by atoms with Crippen molar-refractivity contribution in [1.82, 2.24) is 0 Å². The Hall–Kier alpha value is 0.350. The minimum Gasteiger partial charge on any atom is -0.176 e. The predicted octanol–water partition coefficient (Wildman–Crippen LogP) is 4.06.